The molecule has 0 fully saturated rings. The van der Waals surface area contributed by atoms with Crippen molar-refractivity contribution < 1.29 is 22.3 Å². The summed E-state index contributed by atoms with van der Waals surface area (Å²) in [6.07, 6.45) is 0. The SMILES string of the molecule is O=S1(=O)N=C(CSc2nnc(-c3ccc4c(c3)OCO4)o2)Nc2ccccc21. The van der Waals surface area contributed by atoms with Gasteiger partial charge in [0.1, 0.15) is 10.7 Å². The van der Waals surface area contributed by atoms with Gasteiger partial charge in [0.15, 0.2) is 11.5 Å². The molecule has 2 aliphatic heterocycles. The van der Waals surface area contributed by atoms with Crippen LogP contribution in [0.4, 0.5) is 5.69 Å². The molecule has 1 N–H and O–H groups in total. The van der Waals surface area contributed by atoms with Crippen LogP contribution in [0.15, 0.2) is 61.4 Å². The third-order valence-electron chi connectivity index (χ3n) is 4.03. The van der Waals surface area contributed by atoms with Gasteiger partial charge in [0.2, 0.25) is 12.7 Å². The van der Waals surface area contributed by atoms with E-state index in [1.54, 1.807) is 36.4 Å². The van der Waals surface area contributed by atoms with Crippen molar-refractivity contribution in [1.82, 2.24) is 10.2 Å². The minimum absolute atomic E-state index is 0.159. The number of nitrogens with one attached hydrogen (secondary N) is 1. The molecule has 0 unspecified atom stereocenters. The largest absolute Gasteiger partial charge is 0.454 e. The van der Waals surface area contributed by atoms with E-state index < -0.39 is 10.0 Å². The first-order chi connectivity index (χ1) is 13.6. The van der Waals surface area contributed by atoms with E-state index >= 15 is 0 Å². The van der Waals surface area contributed by atoms with Gasteiger partial charge < -0.3 is 19.2 Å². The van der Waals surface area contributed by atoms with E-state index in [4.69, 9.17) is 13.9 Å². The minimum atomic E-state index is -3.72. The summed E-state index contributed by atoms with van der Waals surface area (Å²) in [5.74, 6) is 2.15. The fourth-order valence-corrected chi connectivity index (χ4v) is 4.64. The molecule has 0 amide bonds. The molecule has 0 radical (unpaired) electrons. The first-order valence-corrected chi connectivity index (χ1v) is 10.6. The molecular formula is C17H12N4O5S2. The van der Waals surface area contributed by atoms with E-state index in [0.29, 0.717) is 39.7 Å². The van der Waals surface area contributed by atoms with Crippen molar-refractivity contribution in [2.45, 2.75) is 10.1 Å². The van der Waals surface area contributed by atoms with Gasteiger partial charge in [0.05, 0.1) is 11.4 Å². The van der Waals surface area contributed by atoms with Gasteiger partial charge in [-0.05, 0) is 30.3 Å². The van der Waals surface area contributed by atoms with Crippen molar-refractivity contribution in [2.75, 3.05) is 17.9 Å². The number of anilines is 1. The van der Waals surface area contributed by atoms with Crippen LogP contribution in [0.3, 0.4) is 0 Å². The fraction of sp³-hybridized carbons (Fsp3) is 0.118. The lowest BCUT2D eigenvalue weighted by Gasteiger charge is -2.17. The topological polar surface area (TPSA) is 116 Å². The number of sulfonamides is 1. The third-order valence-corrected chi connectivity index (χ3v) is 6.23. The molecular weight excluding hydrogens is 404 g/mol. The normalized spacial score (nSPS) is 16.2. The molecule has 11 heteroatoms. The second-order valence-electron chi connectivity index (χ2n) is 5.86. The van der Waals surface area contributed by atoms with Gasteiger partial charge in [0, 0.05) is 5.56 Å². The Bertz CT molecular complexity index is 1210. The Morgan fingerprint density at radius 3 is 2.86 bits per heavy atom. The molecule has 0 spiro atoms. The van der Waals surface area contributed by atoms with E-state index in [9.17, 15) is 8.42 Å². The highest BCUT2D eigenvalue weighted by Gasteiger charge is 2.24. The summed E-state index contributed by atoms with van der Waals surface area (Å²) in [4.78, 5) is 0.159. The summed E-state index contributed by atoms with van der Waals surface area (Å²) < 4.78 is 44.6. The highest BCUT2D eigenvalue weighted by Crippen LogP contribution is 2.36. The molecule has 5 rings (SSSR count). The standard InChI is InChI=1S/C17H12N4O5S2/c22-28(23)14-4-2-1-3-11(14)18-15(21-28)8-27-17-20-19-16(26-17)10-5-6-12-13(7-10)25-9-24-12/h1-7H,8-9H2,(H,18,21). The first kappa shape index (κ1) is 17.1. The van der Waals surface area contributed by atoms with Gasteiger partial charge in [-0.25, -0.2) is 0 Å². The summed E-state index contributed by atoms with van der Waals surface area (Å²) in [6.45, 7) is 0.185. The summed E-state index contributed by atoms with van der Waals surface area (Å²) in [5, 5.41) is 11.3. The number of amidine groups is 1. The lowest BCUT2D eigenvalue weighted by molar-refractivity contribution is 0.174. The Labute approximate surface area is 163 Å². The molecule has 9 nitrogen and oxygen atoms in total. The predicted octanol–water partition coefficient (Wildman–Crippen LogP) is 2.77. The second kappa shape index (κ2) is 6.53. The Morgan fingerprint density at radius 1 is 1.07 bits per heavy atom. The lowest BCUT2D eigenvalue weighted by Crippen LogP contribution is -2.23. The van der Waals surface area contributed by atoms with E-state index in [1.165, 1.54) is 17.8 Å². The maximum atomic E-state index is 12.3. The quantitative estimate of drug-likeness (QED) is 0.641. The number of nitrogens with zero attached hydrogens (tertiary/aromatic N) is 3. The molecule has 2 aromatic carbocycles. The van der Waals surface area contributed by atoms with Crippen molar-refractivity contribution in [1.29, 1.82) is 0 Å². The summed E-state index contributed by atoms with van der Waals surface area (Å²) >= 11 is 1.19. The highest BCUT2D eigenvalue weighted by atomic mass is 32.2. The molecule has 0 bridgehead atoms. The van der Waals surface area contributed by atoms with Crippen LogP contribution >= 0.6 is 11.8 Å². The number of aromatic nitrogens is 2. The van der Waals surface area contributed by atoms with E-state index in [1.807, 2.05) is 0 Å². The van der Waals surface area contributed by atoms with Gasteiger partial charge >= 0.3 is 0 Å². The van der Waals surface area contributed by atoms with E-state index in [2.05, 4.69) is 19.9 Å². The molecule has 0 aliphatic carbocycles. The van der Waals surface area contributed by atoms with E-state index in [-0.39, 0.29) is 17.4 Å². The number of hydrogen-bond donors (Lipinski definition) is 1. The number of para-hydroxylation sites is 1. The maximum Gasteiger partial charge on any atom is 0.286 e. The fourth-order valence-electron chi connectivity index (χ4n) is 2.77. The summed E-state index contributed by atoms with van der Waals surface area (Å²) in [7, 11) is -3.72. The van der Waals surface area contributed by atoms with Crippen LogP contribution in [0.25, 0.3) is 11.5 Å². The van der Waals surface area contributed by atoms with Crippen LogP contribution in [0.2, 0.25) is 0 Å². The minimum Gasteiger partial charge on any atom is -0.454 e. The smallest absolute Gasteiger partial charge is 0.286 e. The number of fused-ring (bicyclic) bond motifs is 2. The highest BCUT2D eigenvalue weighted by molar-refractivity contribution is 7.99. The van der Waals surface area contributed by atoms with Crippen molar-refractivity contribution in [3.63, 3.8) is 0 Å². The Balaban J connectivity index is 1.32. The first-order valence-electron chi connectivity index (χ1n) is 8.15. The van der Waals surface area contributed by atoms with Crippen LogP contribution in [0.5, 0.6) is 11.5 Å². The number of rotatable bonds is 4. The van der Waals surface area contributed by atoms with Gasteiger partial charge in [-0.2, -0.15) is 8.42 Å². The maximum absolute atomic E-state index is 12.3. The predicted molar refractivity (Wildman–Crippen MR) is 101 cm³/mol. The zero-order valence-electron chi connectivity index (χ0n) is 14.2. The Kier molecular flexibility index (Phi) is 3.98. The Hall–Kier alpha value is -3.05. The summed E-state index contributed by atoms with van der Waals surface area (Å²) in [5.41, 5.74) is 1.20. The van der Waals surface area contributed by atoms with Crippen LogP contribution in [-0.2, 0) is 10.0 Å². The average Bonchev–Trinajstić information content (AvgIpc) is 3.34. The van der Waals surface area contributed by atoms with Gasteiger partial charge in [0.25, 0.3) is 15.2 Å². The number of benzene rings is 2. The lowest BCUT2D eigenvalue weighted by atomic mass is 10.2. The zero-order valence-corrected chi connectivity index (χ0v) is 15.8. The molecule has 142 valence electrons. The number of thioether (sulfide) groups is 1. The van der Waals surface area contributed by atoms with Crippen LogP contribution in [-0.4, -0.2) is 37.0 Å². The monoisotopic (exact) mass is 416 g/mol. The van der Waals surface area contributed by atoms with Crippen LogP contribution in [0.1, 0.15) is 0 Å². The van der Waals surface area contributed by atoms with E-state index in [0.717, 1.165) is 0 Å². The molecule has 0 saturated carbocycles. The molecule has 1 aromatic heterocycles. The van der Waals surface area contributed by atoms with Crippen LogP contribution < -0.4 is 14.8 Å². The average molecular weight is 416 g/mol. The molecule has 0 atom stereocenters. The zero-order chi connectivity index (χ0) is 19.1. The van der Waals surface area contributed by atoms with Crippen molar-refractivity contribution in [3.05, 3.63) is 42.5 Å². The summed E-state index contributed by atoms with van der Waals surface area (Å²) in [6, 6.07) is 12.0. The molecule has 2 aliphatic rings. The second-order valence-corrected chi connectivity index (χ2v) is 8.36. The Morgan fingerprint density at radius 2 is 1.93 bits per heavy atom. The van der Waals surface area contributed by atoms with Crippen LogP contribution in [0, 0.1) is 0 Å². The third kappa shape index (κ3) is 3.08. The molecule has 3 heterocycles. The van der Waals surface area contributed by atoms with Crippen molar-refractivity contribution in [3.8, 4) is 23.0 Å². The van der Waals surface area contributed by atoms with Gasteiger partial charge in [-0.3, -0.25) is 0 Å². The van der Waals surface area contributed by atoms with Crippen molar-refractivity contribution >= 4 is 33.3 Å². The number of ether oxygens (including phenoxy) is 2. The molecule has 3 aromatic rings. The van der Waals surface area contributed by atoms with Gasteiger partial charge in [-0.15, -0.1) is 14.6 Å². The number of hydrogen-bond acceptors (Lipinski definition) is 9. The van der Waals surface area contributed by atoms with Gasteiger partial charge in [-0.1, -0.05) is 23.9 Å². The molecule has 28 heavy (non-hydrogen) atoms. The van der Waals surface area contributed by atoms with Crippen molar-refractivity contribution in [2.24, 2.45) is 4.40 Å². The molecule has 0 saturated heterocycles.